The lowest BCUT2D eigenvalue weighted by Crippen LogP contribution is -2.02. The second-order valence-electron chi connectivity index (χ2n) is 4.25. The average molecular weight is 341 g/mol. The van der Waals surface area contributed by atoms with E-state index < -0.39 is 4.92 Å². The zero-order chi connectivity index (χ0) is 14.7. The quantitative estimate of drug-likeness (QED) is 0.474. The van der Waals surface area contributed by atoms with Crippen molar-refractivity contribution >= 4 is 21.6 Å². The monoisotopic (exact) mass is 340 g/mol. The van der Waals surface area contributed by atoms with Crippen LogP contribution in [0, 0.1) is 10.1 Å². The molecule has 2 rings (SSSR count). The minimum absolute atomic E-state index is 0.00597. The summed E-state index contributed by atoms with van der Waals surface area (Å²) >= 11 is 3.41. The van der Waals surface area contributed by atoms with Gasteiger partial charge in [-0.2, -0.15) is 0 Å². The number of non-ortho nitro benzene ring substituents is 1. The Morgan fingerprint density at radius 1 is 1.50 bits per heavy atom. The van der Waals surface area contributed by atoms with Crippen LogP contribution in [-0.4, -0.2) is 27.0 Å². The molecule has 1 aromatic carbocycles. The van der Waals surface area contributed by atoms with Gasteiger partial charge in [-0.3, -0.25) is 10.1 Å². The van der Waals surface area contributed by atoms with E-state index in [0.717, 1.165) is 11.3 Å². The first-order valence-electron chi connectivity index (χ1n) is 5.86. The molecule has 106 valence electrons. The Balaban J connectivity index is 2.27. The van der Waals surface area contributed by atoms with Crippen LogP contribution in [0.5, 0.6) is 5.75 Å². The van der Waals surface area contributed by atoms with Gasteiger partial charge in [-0.1, -0.05) is 21.1 Å². The smallest absolute Gasteiger partial charge is 0.273 e. The summed E-state index contributed by atoms with van der Waals surface area (Å²) in [5.41, 5.74) is 1.53. The first kappa shape index (κ1) is 14.4. The Kier molecular flexibility index (Phi) is 4.33. The molecule has 8 heteroatoms. The molecule has 0 amide bonds. The molecule has 2 aromatic rings. The average Bonchev–Trinajstić information content (AvgIpc) is 2.87. The largest absolute Gasteiger partial charge is 0.496 e. The maximum absolute atomic E-state index is 10.9. The highest BCUT2D eigenvalue weighted by molar-refractivity contribution is 9.09. The van der Waals surface area contributed by atoms with Crippen LogP contribution in [0.1, 0.15) is 23.0 Å². The topological polar surface area (TPSA) is 83.1 Å². The van der Waals surface area contributed by atoms with Crippen molar-refractivity contribution in [2.75, 3.05) is 7.11 Å². The van der Waals surface area contributed by atoms with E-state index in [1.807, 2.05) is 6.92 Å². The summed E-state index contributed by atoms with van der Waals surface area (Å²) in [4.78, 5) is 10.5. The molecule has 1 atom stereocenters. The van der Waals surface area contributed by atoms with E-state index in [2.05, 4.69) is 26.2 Å². The molecule has 0 saturated carbocycles. The van der Waals surface area contributed by atoms with Gasteiger partial charge in [-0.05, 0) is 18.6 Å². The summed E-state index contributed by atoms with van der Waals surface area (Å²) in [5, 5.41) is 18.9. The molecule has 0 aliphatic heterocycles. The number of hydrogen-bond acceptors (Lipinski definition) is 5. The highest BCUT2D eigenvalue weighted by Gasteiger charge is 2.12. The van der Waals surface area contributed by atoms with Crippen LogP contribution >= 0.6 is 15.9 Å². The number of methoxy groups -OCH3 is 1. The van der Waals surface area contributed by atoms with Gasteiger partial charge in [-0.15, -0.1) is 5.10 Å². The van der Waals surface area contributed by atoms with Crippen LogP contribution < -0.4 is 4.74 Å². The van der Waals surface area contributed by atoms with Crippen molar-refractivity contribution in [3.63, 3.8) is 0 Å². The third kappa shape index (κ3) is 3.32. The first-order chi connectivity index (χ1) is 9.49. The van der Waals surface area contributed by atoms with E-state index in [1.165, 1.54) is 19.2 Å². The second-order valence-corrected chi connectivity index (χ2v) is 5.63. The van der Waals surface area contributed by atoms with Gasteiger partial charge in [0.15, 0.2) is 0 Å². The molecule has 1 aromatic heterocycles. The standard InChI is InChI=1S/C12H13BrN4O3/c1-8(13)12-7-16(15-14-12)6-9-3-10(17(18)19)5-11(4-9)20-2/h3-5,7-8H,6H2,1-2H3. The van der Waals surface area contributed by atoms with Crippen molar-refractivity contribution in [1.29, 1.82) is 0 Å². The van der Waals surface area contributed by atoms with Crippen LogP contribution in [0.3, 0.4) is 0 Å². The van der Waals surface area contributed by atoms with Crippen LogP contribution in [-0.2, 0) is 6.54 Å². The predicted molar refractivity (Wildman–Crippen MR) is 76.1 cm³/mol. The van der Waals surface area contributed by atoms with Crippen LogP contribution in [0.4, 0.5) is 5.69 Å². The van der Waals surface area contributed by atoms with Gasteiger partial charge in [0.2, 0.25) is 0 Å². The van der Waals surface area contributed by atoms with Gasteiger partial charge >= 0.3 is 0 Å². The maximum atomic E-state index is 10.9. The van der Waals surface area contributed by atoms with Crippen molar-refractivity contribution in [1.82, 2.24) is 15.0 Å². The number of alkyl halides is 1. The fraction of sp³-hybridized carbons (Fsp3) is 0.333. The van der Waals surface area contributed by atoms with Gasteiger partial charge in [0.05, 0.1) is 35.2 Å². The molecule has 0 N–H and O–H groups in total. The summed E-state index contributed by atoms with van der Waals surface area (Å²) in [6.45, 7) is 2.34. The van der Waals surface area contributed by atoms with Crippen LogP contribution in [0.25, 0.3) is 0 Å². The molecule has 0 aliphatic carbocycles. The molecule has 7 nitrogen and oxygen atoms in total. The van der Waals surface area contributed by atoms with Crippen molar-refractivity contribution < 1.29 is 9.66 Å². The molecule has 0 saturated heterocycles. The number of halogens is 1. The number of ether oxygens (including phenoxy) is 1. The van der Waals surface area contributed by atoms with Crippen LogP contribution in [0.2, 0.25) is 0 Å². The lowest BCUT2D eigenvalue weighted by Gasteiger charge is -2.05. The Morgan fingerprint density at radius 3 is 2.80 bits per heavy atom. The molecule has 1 unspecified atom stereocenters. The Labute approximate surface area is 123 Å². The van der Waals surface area contributed by atoms with E-state index in [0.29, 0.717) is 12.3 Å². The first-order valence-corrected chi connectivity index (χ1v) is 6.77. The predicted octanol–water partition coefficient (Wildman–Crippen LogP) is 2.70. The minimum atomic E-state index is -0.445. The Bertz CT molecular complexity index is 627. The van der Waals surface area contributed by atoms with E-state index in [4.69, 9.17) is 4.74 Å². The lowest BCUT2D eigenvalue weighted by atomic mass is 10.2. The number of nitro benzene ring substituents is 1. The molecule has 0 spiro atoms. The van der Waals surface area contributed by atoms with E-state index >= 15 is 0 Å². The zero-order valence-corrected chi connectivity index (χ0v) is 12.6. The summed E-state index contributed by atoms with van der Waals surface area (Å²) < 4.78 is 6.70. The maximum Gasteiger partial charge on any atom is 0.273 e. The van der Waals surface area contributed by atoms with Gasteiger partial charge in [0, 0.05) is 12.3 Å². The Morgan fingerprint density at radius 2 is 2.25 bits per heavy atom. The third-order valence-electron chi connectivity index (χ3n) is 2.71. The SMILES string of the molecule is COc1cc(Cn2cc(C(C)Br)nn2)cc([N+](=O)[O-])c1. The number of nitrogens with zero attached hydrogens (tertiary/aromatic N) is 4. The zero-order valence-electron chi connectivity index (χ0n) is 11.0. The fourth-order valence-electron chi connectivity index (χ4n) is 1.72. The summed E-state index contributed by atoms with van der Waals surface area (Å²) in [7, 11) is 1.48. The van der Waals surface area contributed by atoms with Gasteiger partial charge in [-0.25, -0.2) is 4.68 Å². The van der Waals surface area contributed by atoms with Crippen molar-refractivity contribution in [2.45, 2.75) is 18.3 Å². The summed E-state index contributed by atoms with van der Waals surface area (Å²) in [5.74, 6) is 0.448. The van der Waals surface area contributed by atoms with Crippen molar-refractivity contribution in [3.8, 4) is 5.75 Å². The molecule has 0 radical (unpaired) electrons. The highest BCUT2D eigenvalue weighted by Crippen LogP contribution is 2.23. The third-order valence-corrected chi connectivity index (χ3v) is 3.18. The molecule has 0 fully saturated rings. The number of hydrogen-bond donors (Lipinski definition) is 0. The molecule has 0 bridgehead atoms. The Hall–Kier alpha value is -1.96. The highest BCUT2D eigenvalue weighted by atomic mass is 79.9. The van der Waals surface area contributed by atoms with Crippen molar-refractivity contribution in [3.05, 3.63) is 45.8 Å². The summed E-state index contributed by atoms with van der Waals surface area (Å²) in [6, 6.07) is 4.63. The lowest BCUT2D eigenvalue weighted by molar-refractivity contribution is -0.385. The van der Waals surface area contributed by atoms with E-state index in [9.17, 15) is 10.1 Å². The number of rotatable bonds is 5. The molecule has 1 heterocycles. The fourth-order valence-corrected chi connectivity index (χ4v) is 1.93. The minimum Gasteiger partial charge on any atom is -0.496 e. The number of benzene rings is 1. The normalized spacial score (nSPS) is 12.2. The van der Waals surface area contributed by atoms with Crippen LogP contribution in [0.15, 0.2) is 24.4 Å². The van der Waals surface area contributed by atoms with Gasteiger partial charge < -0.3 is 4.74 Å². The molecular weight excluding hydrogens is 328 g/mol. The van der Waals surface area contributed by atoms with E-state index in [1.54, 1.807) is 16.9 Å². The molecule has 0 aliphatic rings. The molecular formula is C12H13BrN4O3. The van der Waals surface area contributed by atoms with E-state index in [-0.39, 0.29) is 10.5 Å². The van der Waals surface area contributed by atoms with Gasteiger partial charge in [0.25, 0.3) is 5.69 Å². The summed E-state index contributed by atoms with van der Waals surface area (Å²) in [6.07, 6.45) is 1.80. The second kappa shape index (κ2) is 6.00. The van der Waals surface area contributed by atoms with Crippen molar-refractivity contribution in [2.24, 2.45) is 0 Å². The number of aromatic nitrogens is 3. The molecule has 20 heavy (non-hydrogen) atoms. The number of nitro groups is 1. The van der Waals surface area contributed by atoms with Gasteiger partial charge in [0.1, 0.15) is 5.75 Å².